The molecule has 0 radical (unpaired) electrons. The highest BCUT2D eigenvalue weighted by Crippen LogP contribution is 2.38. The average Bonchev–Trinajstić information content (AvgIpc) is 3.14. The minimum atomic E-state index is 0.0523. The molecule has 0 bridgehead atoms. The summed E-state index contributed by atoms with van der Waals surface area (Å²) in [5.41, 5.74) is 0.0523. The Morgan fingerprint density at radius 1 is 1.22 bits per heavy atom. The lowest BCUT2D eigenvalue weighted by Crippen LogP contribution is -2.54. The molecule has 3 rings (SSSR count). The number of hydrogen-bond donors (Lipinski definition) is 1. The molecule has 1 spiro atoms. The second-order valence-corrected chi connectivity index (χ2v) is 6.09. The first-order chi connectivity index (χ1) is 8.70. The Morgan fingerprint density at radius 2 is 1.94 bits per heavy atom. The molecule has 0 aromatic rings. The van der Waals surface area contributed by atoms with Gasteiger partial charge in [0.15, 0.2) is 0 Å². The van der Waals surface area contributed by atoms with E-state index in [-0.39, 0.29) is 11.5 Å². The SMILES string of the molecule is CC(=O)N(C1CC1)C1CCOC2(CCNCC2)C1. The Bertz CT molecular complexity index is 316. The zero-order valence-electron chi connectivity index (χ0n) is 11.3. The van der Waals surface area contributed by atoms with Gasteiger partial charge in [0.25, 0.3) is 0 Å². The summed E-state index contributed by atoms with van der Waals surface area (Å²) in [6.07, 6.45) is 6.66. The van der Waals surface area contributed by atoms with Crippen LogP contribution < -0.4 is 5.32 Å². The van der Waals surface area contributed by atoms with E-state index in [0.29, 0.717) is 12.1 Å². The quantitative estimate of drug-likeness (QED) is 0.805. The van der Waals surface area contributed by atoms with Gasteiger partial charge in [-0.25, -0.2) is 0 Å². The van der Waals surface area contributed by atoms with Crippen molar-refractivity contribution >= 4 is 5.91 Å². The van der Waals surface area contributed by atoms with E-state index in [1.165, 1.54) is 12.8 Å². The maximum absolute atomic E-state index is 11.9. The van der Waals surface area contributed by atoms with Crippen molar-refractivity contribution in [3.8, 4) is 0 Å². The van der Waals surface area contributed by atoms with Gasteiger partial charge in [-0.15, -0.1) is 0 Å². The molecule has 1 aliphatic carbocycles. The third kappa shape index (κ3) is 2.41. The molecule has 1 saturated carbocycles. The van der Waals surface area contributed by atoms with E-state index in [2.05, 4.69) is 10.2 Å². The van der Waals surface area contributed by atoms with Gasteiger partial charge < -0.3 is 15.0 Å². The first-order valence-electron chi connectivity index (χ1n) is 7.34. The van der Waals surface area contributed by atoms with Gasteiger partial charge in [-0.3, -0.25) is 4.79 Å². The van der Waals surface area contributed by atoms with Crippen LogP contribution in [0, 0.1) is 0 Å². The van der Waals surface area contributed by atoms with Gasteiger partial charge in [0, 0.05) is 25.6 Å². The van der Waals surface area contributed by atoms with Crippen molar-refractivity contribution in [2.75, 3.05) is 19.7 Å². The molecule has 2 aliphatic heterocycles. The van der Waals surface area contributed by atoms with Crippen molar-refractivity contribution in [1.29, 1.82) is 0 Å². The van der Waals surface area contributed by atoms with E-state index in [9.17, 15) is 4.79 Å². The third-order valence-corrected chi connectivity index (χ3v) is 4.68. The summed E-state index contributed by atoms with van der Waals surface area (Å²) < 4.78 is 6.09. The van der Waals surface area contributed by atoms with Crippen LogP contribution in [0.4, 0.5) is 0 Å². The fourth-order valence-electron chi connectivity index (χ4n) is 3.64. The van der Waals surface area contributed by atoms with Gasteiger partial charge in [-0.1, -0.05) is 0 Å². The zero-order valence-corrected chi connectivity index (χ0v) is 11.3. The molecular weight excluding hydrogens is 228 g/mol. The Balaban J connectivity index is 1.70. The minimum absolute atomic E-state index is 0.0523. The molecule has 3 fully saturated rings. The van der Waals surface area contributed by atoms with Crippen LogP contribution in [-0.4, -0.2) is 48.2 Å². The zero-order chi connectivity index (χ0) is 12.6. The van der Waals surface area contributed by atoms with Gasteiger partial charge in [-0.2, -0.15) is 0 Å². The number of amides is 1. The Hall–Kier alpha value is -0.610. The van der Waals surface area contributed by atoms with Crippen molar-refractivity contribution in [3.63, 3.8) is 0 Å². The van der Waals surface area contributed by atoms with Crippen LogP contribution in [0.15, 0.2) is 0 Å². The van der Waals surface area contributed by atoms with E-state index in [4.69, 9.17) is 4.74 Å². The van der Waals surface area contributed by atoms with E-state index < -0.39 is 0 Å². The van der Waals surface area contributed by atoms with Gasteiger partial charge in [0.1, 0.15) is 0 Å². The van der Waals surface area contributed by atoms with Crippen LogP contribution in [0.25, 0.3) is 0 Å². The number of carbonyl (C=O) groups is 1. The van der Waals surface area contributed by atoms with Crippen molar-refractivity contribution in [2.45, 2.75) is 63.1 Å². The second kappa shape index (κ2) is 4.82. The first-order valence-corrected chi connectivity index (χ1v) is 7.34. The topological polar surface area (TPSA) is 41.6 Å². The second-order valence-electron chi connectivity index (χ2n) is 6.09. The highest BCUT2D eigenvalue weighted by Gasteiger charge is 2.44. The van der Waals surface area contributed by atoms with Crippen molar-refractivity contribution in [1.82, 2.24) is 10.2 Å². The summed E-state index contributed by atoms with van der Waals surface area (Å²) in [6.45, 7) is 4.65. The maximum Gasteiger partial charge on any atom is 0.219 e. The van der Waals surface area contributed by atoms with Gasteiger partial charge in [0.2, 0.25) is 5.91 Å². The predicted octanol–water partition coefficient (Wildman–Crippen LogP) is 1.30. The van der Waals surface area contributed by atoms with Crippen molar-refractivity contribution in [2.24, 2.45) is 0 Å². The summed E-state index contributed by atoms with van der Waals surface area (Å²) in [5.74, 6) is 0.258. The lowest BCUT2D eigenvalue weighted by Gasteiger charge is -2.46. The van der Waals surface area contributed by atoms with Crippen molar-refractivity contribution in [3.05, 3.63) is 0 Å². The molecule has 1 atom stereocenters. The van der Waals surface area contributed by atoms with Crippen molar-refractivity contribution < 1.29 is 9.53 Å². The molecule has 0 aromatic heterocycles. The molecule has 102 valence electrons. The van der Waals surface area contributed by atoms with Gasteiger partial charge in [-0.05, 0) is 51.6 Å². The summed E-state index contributed by atoms with van der Waals surface area (Å²) in [4.78, 5) is 14.0. The Kier molecular flexibility index (Phi) is 3.32. The lowest BCUT2D eigenvalue weighted by atomic mass is 9.82. The molecule has 1 unspecified atom stereocenters. The monoisotopic (exact) mass is 252 g/mol. The van der Waals surface area contributed by atoms with Gasteiger partial charge >= 0.3 is 0 Å². The lowest BCUT2D eigenvalue weighted by molar-refractivity contribution is -0.145. The maximum atomic E-state index is 11.9. The standard InChI is InChI=1S/C14H24N2O2/c1-11(17)16(12-2-3-12)13-4-9-18-14(10-13)5-7-15-8-6-14/h12-13,15H,2-10H2,1H3. The number of hydrogen-bond acceptors (Lipinski definition) is 3. The van der Waals surface area contributed by atoms with E-state index >= 15 is 0 Å². The van der Waals surface area contributed by atoms with Crippen LogP contribution in [0.3, 0.4) is 0 Å². The highest BCUT2D eigenvalue weighted by molar-refractivity contribution is 5.74. The number of rotatable bonds is 2. The Labute approximate surface area is 109 Å². The first kappa shape index (κ1) is 12.4. The van der Waals surface area contributed by atoms with Crippen LogP contribution in [-0.2, 0) is 9.53 Å². The molecule has 18 heavy (non-hydrogen) atoms. The molecule has 1 N–H and O–H groups in total. The third-order valence-electron chi connectivity index (χ3n) is 4.68. The summed E-state index contributed by atoms with van der Waals surface area (Å²) in [7, 11) is 0. The molecule has 4 nitrogen and oxygen atoms in total. The molecule has 2 heterocycles. The molecule has 2 saturated heterocycles. The fraction of sp³-hybridized carbons (Fsp3) is 0.929. The van der Waals surface area contributed by atoms with Crippen LogP contribution in [0.2, 0.25) is 0 Å². The summed E-state index contributed by atoms with van der Waals surface area (Å²) in [6, 6.07) is 0.950. The highest BCUT2D eigenvalue weighted by atomic mass is 16.5. The summed E-state index contributed by atoms with van der Waals surface area (Å²) in [5, 5.41) is 3.40. The van der Waals surface area contributed by atoms with Crippen LogP contribution >= 0.6 is 0 Å². The van der Waals surface area contributed by atoms with Crippen LogP contribution in [0.5, 0.6) is 0 Å². The number of nitrogens with zero attached hydrogens (tertiary/aromatic N) is 1. The Morgan fingerprint density at radius 3 is 2.56 bits per heavy atom. The number of nitrogens with one attached hydrogen (secondary N) is 1. The molecule has 4 heteroatoms. The number of ether oxygens (including phenoxy) is 1. The summed E-state index contributed by atoms with van der Waals surface area (Å²) >= 11 is 0. The van der Waals surface area contributed by atoms with Crippen LogP contribution in [0.1, 0.15) is 45.4 Å². The minimum Gasteiger partial charge on any atom is -0.375 e. The largest absolute Gasteiger partial charge is 0.375 e. The van der Waals surface area contributed by atoms with E-state index in [1.807, 2.05) is 0 Å². The number of piperidine rings is 1. The molecule has 3 aliphatic rings. The normalized spacial score (nSPS) is 31.3. The van der Waals surface area contributed by atoms with E-state index in [1.54, 1.807) is 6.92 Å². The van der Waals surface area contributed by atoms with E-state index in [0.717, 1.165) is 45.4 Å². The predicted molar refractivity (Wildman–Crippen MR) is 69.4 cm³/mol. The molecular formula is C14H24N2O2. The molecule has 0 aromatic carbocycles. The van der Waals surface area contributed by atoms with Gasteiger partial charge in [0.05, 0.1) is 5.60 Å². The molecule has 1 amide bonds. The average molecular weight is 252 g/mol. The smallest absolute Gasteiger partial charge is 0.219 e. The fourth-order valence-corrected chi connectivity index (χ4v) is 3.64. The number of carbonyl (C=O) groups excluding carboxylic acids is 1.